The van der Waals surface area contributed by atoms with E-state index in [0.717, 1.165) is 44.5 Å². The molecule has 0 saturated heterocycles. The Balaban J connectivity index is 1.25. The minimum absolute atomic E-state index is 0.157. The van der Waals surface area contributed by atoms with Crippen molar-refractivity contribution < 1.29 is 4.42 Å². The van der Waals surface area contributed by atoms with Gasteiger partial charge in [0.25, 0.3) is 0 Å². The summed E-state index contributed by atoms with van der Waals surface area (Å²) in [5.74, 6) is 0.816. The first-order chi connectivity index (χ1) is 20.3. The Labute approximate surface area is 237 Å². The van der Waals surface area contributed by atoms with E-state index < -0.39 is 0 Å². The second-order valence-corrected chi connectivity index (χ2v) is 10.4. The number of aliphatic imine (C=N–C) groups is 1. The summed E-state index contributed by atoms with van der Waals surface area (Å²) < 4.78 is 6.17. The highest BCUT2D eigenvalue weighted by molar-refractivity contribution is 6.17. The first-order valence-corrected chi connectivity index (χ1v) is 13.8. The van der Waals surface area contributed by atoms with Gasteiger partial charge in [-0.1, -0.05) is 103 Å². The van der Waals surface area contributed by atoms with Crippen molar-refractivity contribution in [3.63, 3.8) is 0 Å². The predicted octanol–water partition coefficient (Wildman–Crippen LogP) is 8.14. The lowest BCUT2D eigenvalue weighted by molar-refractivity contribution is 0.409. The molecule has 0 amide bonds. The molecule has 2 atom stereocenters. The number of aromatic nitrogens is 1. The number of pyridine rings is 1. The van der Waals surface area contributed by atoms with Crippen LogP contribution in [0.5, 0.6) is 0 Å². The van der Waals surface area contributed by atoms with Crippen molar-refractivity contribution in [3.8, 4) is 11.1 Å². The number of amidine groups is 1. The molecular weight excluding hydrogens is 504 g/mol. The summed E-state index contributed by atoms with van der Waals surface area (Å²) in [4.78, 5) is 9.61. The van der Waals surface area contributed by atoms with Crippen LogP contribution in [0.15, 0.2) is 143 Å². The van der Waals surface area contributed by atoms with Crippen LogP contribution in [0.4, 0.5) is 0 Å². The third-order valence-electron chi connectivity index (χ3n) is 7.86. The lowest BCUT2D eigenvalue weighted by atomic mass is 10.0. The van der Waals surface area contributed by atoms with E-state index in [4.69, 9.17) is 9.41 Å². The van der Waals surface area contributed by atoms with Gasteiger partial charge in [-0.15, -0.1) is 0 Å². The maximum absolute atomic E-state index is 6.17. The third kappa shape index (κ3) is 4.24. The van der Waals surface area contributed by atoms with Gasteiger partial charge in [0.2, 0.25) is 0 Å². The number of nitrogens with one attached hydrogen (secondary N) is 2. The van der Waals surface area contributed by atoms with Crippen molar-refractivity contribution in [2.45, 2.75) is 12.3 Å². The Morgan fingerprint density at radius 1 is 0.634 bits per heavy atom. The van der Waals surface area contributed by atoms with Crippen LogP contribution in [0, 0.1) is 0 Å². The summed E-state index contributed by atoms with van der Waals surface area (Å²) in [6, 6.07) is 42.2. The average molecular weight is 531 g/mol. The van der Waals surface area contributed by atoms with Gasteiger partial charge in [-0.25, -0.2) is 4.99 Å². The number of rotatable bonds is 4. The third-order valence-corrected chi connectivity index (χ3v) is 7.86. The first kappa shape index (κ1) is 23.6. The van der Waals surface area contributed by atoms with Crippen molar-refractivity contribution in [2.24, 2.45) is 4.99 Å². The highest BCUT2D eigenvalue weighted by atomic mass is 16.3. The van der Waals surface area contributed by atoms with Crippen LogP contribution in [0.2, 0.25) is 0 Å². The van der Waals surface area contributed by atoms with Crippen LogP contribution in [-0.2, 0) is 0 Å². The van der Waals surface area contributed by atoms with Crippen LogP contribution in [0.1, 0.15) is 29.0 Å². The van der Waals surface area contributed by atoms with Crippen molar-refractivity contribution in [1.29, 1.82) is 0 Å². The summed E-state index contributed by atoms with van der Waals surface area (Å²) in [7, 11) is 0. The van der Waals surface area contributed by atoms with Gasteiger partial charge in [-0.2, -0.15) is 0 Å². The second kappa shape index (κ2) is 9.73. The lowest BCUT2D eigenvalue weighted by Crippen LogP contribution is -2.45. The Morgan fingerprint density at radius 2 is 1.41 bits per heavy atom. The van der Waals surface area contributed by atoms with Crippen molar-refractivity contribution in [2.75, 3.05) is 0 Å². The molecule has 3 heterocycles. The molecule has 0 spiro atoms. The fourth-order valence-corrected chi connectivity index (χ4v) is 5.78. The summed E-state index contributed by atoms with van der Waals surface area (Å²) in [6.45, 7) is 0. The average Bonchev–Trinajstić information content (AvgIpc) is 3.44. The van der Waals surface area contributed by atoms with Crippen LogP contribution in [-0.4, -0.2) is 10.8 Å². The van der Waals surface area contributed by atoms with Gasteiger partial charge in [0.05, 0.1) is 0 Å². The molecule has 1 aliphatic heterocycles. The molecule has 2 aromatic heterocycles. The number of fused-ring (bicyclic) bond motifs is 4. The molecule has 1 aliphatic rings. The standard InChI is InChI=1S/C36H26N4O/c1-2-7-23(8-3-1)25-13-16-26(17-14-25)34-38-35(28-18-15-24-9-4-5-10-27(24)21-28)40-36(39-34)29-11-6-12-32-33(29)30-22-37-20-19-31(30)41-32/h1-22,34-35,38H,(H,39,40). The van der Waals surface area contributed by atoms with E-state index in [1.807, 2.05) is 30.5 Å². The van der Waals surface area contributed by atoms with Gasteiger partial charge in [0.1, 0.15) is 29.3 Å². The first-order valence-electron chi connectivity index (χ1n) is 13.8. The molecule has 5 nitrogen and oxygen atoms in total. The normalized spacial score (nSPS) is 17.0. The van der Waals surface area contributed by atoms with Gasteiger partial charge in [-0.3, -0.25) is 10.3 Å². The molecule has 0 radical (unpaired) electrons. The van der Waals surface area contributed by atoms with E-state index in [1.54, 1.807) is 6.20 Å². The van der Waals surface area contributed by atoms with Crippen LogP contribution in [0.3, 0.4) is 0 Å². The van der Waals surface area contributed by atoms with Crippen LogP contribution >= 0.6 is 0 Å². The quantitative estimate of drug-likeness (QED) is 0.241. The number of benzene rings is 5. The molecule has 196 valence electrons. The molecule has 7 aromatic rings. The van der Waals surface area contributed by atoms with Crippen molar-refractivity contribution in [1.82, 2.24) is 15.6 Å². The Kier molecular flexibility index (Phi) is 5.61. The smallest absolute Gasteiger partial charge is 0.138 e. The molecule has 0 saturated carbocycles. The summed E-state index contributed by atoms with van der Waals surface area (Å²) in [5, 5.41) is 11.9. The van der Waals surface area contributed by atoms with Crippen molar-refractivity contribution in [3.05, 3.63) is 150 Å². The molecule has 2 N–H and O–H groups in total. The largest absolute Gasteiger partial charge is 0.456 e. The van der Waals surface area contributed by atoms with Gasteiger partial charge < -0.3 is 9.73 Å². The minimum atomic E-state index is -0.249. The molecular formula is C36H26N4O. The fourth-order valence-electron chi connectivity index (χ4n) is 5.78. The Morgan fingerprint density at radius 3 is 2.29 bits per heavy atom. The molecule has 2 unspecified atom stereocenters. The maximum atomic E-state index is 6.17. The summed E-state index contributed by atoms with van der Waals surface area (Å²) in [6.07, 6.45) is 3.22. The van der Waals surface area contributed by atoms with Crippen molar-refractivity contribution >= 4 is 38.5 Å². The summed E-state index contributed by atoms with van der Waals surface area (Å²) in [5.41, 5.74) is 7.26. The highest BCUT2D eigenvalue weighted by Crippen LogP contribution is 2.34. The van der Waals surface area contributed by atoms with Gasteiger partial charge in [0.15, 0.2) is 0 Å². The van der Waals surface area contributed by atoms with E-state index in [-0.39, 0.29) is 12.3 Å². The molecule has 8 rings (SSSR count). The number of hydrogen-bond donors (Lipinski definition) is 2. The number of hydrogen-bond acceptors (Lipinski definition) is 5. The summed E-state index contributed by atoms with van der Waals surface area (Å²) >= 11 is 0. The zero-order valence-electron chi connectivity index (χ0n) is 22.2. The number of furan rings is 1. The van der Waals surface area contributed by atoms with Gasteiger partial charge in [-0.05, 0) is 51.2 Å². The highest BCUT2D eigenvalue weighted by Gasteiger charge is 2.27. The van der Waals surface area contributed by atoms with E-state index in [0.29, 0.717) is 0 Å². The maximum Gasteiger partial charge on any atom is 0.138 e. The zero-order valence-corrected chi connectivity index (χ0v) is 22.2. The molecule has 41 heavy (non-hydrogen) atoms. The van der Waals surface area contributed by atoms with Gasteiger partial charge >= 0.3 is 0 Å². The molecule has 5 aromatic carbocycles. The van der Waals surface area contributed by atoms with Gasteiger partial charge in [0, 0.05) is 28.7 Å². The molecule has 5 heteroatoms. The van der Waals surface area contributed by atoms with Crippen LogP contribution < -0.4 is 10.6 Å². The van der Waals surface area contributed by atoms with E-state index >= 15 is 0 Å². The SMILES string of the molecule is c1ccc(-c2ccc(C3NC(c4cccc5oc6ccncc6c45)=NC(c4ccc5ccccc5c4)N3)cc2)cc1. The topological polar surface area (TPSA) is 62.5 Å². The van der Waals surface area contributed by atoms with E-state index in [1.165, 1.54) is 21.9 Å². The molecule has 0 bridgehead atoms. The lowest BCUT2D eigenvalue weighted by Gasteiger charge is -2.32. The predicted molar refractivity (Wildman–Crippen MR) is 166 cm³/mol. The Hall–Kier alpha value is -5.26. The number of nitrogens with zero attached hydrogens (tertiary/aromatic N) is 2. The zero-order chi connectivity index (χ0) is 27.2. The van der Waals surface area contributed by atoms with E-state index in [2.05, 4.69) is 113 Å². The molecule has 0 aliphatic carbocycles. The second-order valence-electron chi connectivity index (χ2n) is 10.4. The monoisotopic (exact) mass is 530 g/mol. The Bertz CT molecular complexity index is 2060. The van der Waals surface area contributed by atoms with E-state index in [9.17, 15) is 0 Å². The fraction of sp³-hybridized carbons (Fsp3) is 0.0556. The molecule has 0 fully saturated rings. The minimum Gasteiger partial charge on any atom is -0.456 e. The van der Waals surface area contributed by atoms with Crippen LogP contribution in [0.25, 0.3) is 43.8 Å².